The van der Waals surface area contributed by atoms with Crippen LogP contribution in [0.5, 0.6) is 11.5 Å². The lowest BCUT2D eigenvalue weighted by atomic mass is 10.0. The molecule has 0 aliphatic carbocycles. The van der Waals surface area contributed by atoms with Gasteiger partial charge >= 0.3 is 0 Å². The van der Waals surface area contributed by atoms with Crippen LogP contribution in [-0.4, -0.2) is 38.8 Å². The Bertz CT molecular complexity index is 730. The molecular formula is C21H26N2O3. The summed E-state index contributed by atoms with van der Waals surface area (Å²) in [5, 5.41) is 3.09. The molecule has 2 aromatic rings. The van der Waals surface area contributed by atoms with Crippen molar-refractivity contribution in [2.24, 2.45) is 0 Å². The quantitative estimate of drug-likeness (QED) is 0.866. The molecule has 1 saturated heterocycles. The molecule has 2 aromatic carbocycles. The SMILES string of the molecule is COc1ccccc1N1CCCC(NC(=O)COc2ccc(C)cc2)C1. The Morgan fingerprint density at radius 1 is 1.19 bits per heavy atom. The van der Waals surface area contributed by atoms with Crippen LogP contribution in [0.4, 0.5) is 5.69 Å². The Kier molecular flexibility index (Phi) is 6.00. The van der Waals surface area contributed by atoms with E-state index in [1.807, 2.05) is 49.4 Å². The van der Waals surface area contributed by atoms with Gasteiger partial charge in [-0.05, 0) is 44.0 Å². The van der Waals surface area contributed by atoms with Crippen molar-refractivity contribution in [2.45, 2.75) is 25.8 Å². The number of carbonyl (C=O) groups is 1. The van der Waals surface area contributed by atoms with Crippen LogP contribution in [-0.2, 0) is 4.79 Å². The molecule has 3 rings (SSSR count). The molecule has 1 aliphatic heterocycles. The van der Waals surface area contributed by atoms with Crippen LogP contribution < -0.4 is 19.7 Å². The first kappa shape index (κ1) is 18.1. The summed E-state index contributed by atoms with van der Waals surface area (Å²) in [7, 11) is 1.68. The molecule has 26 heavy (non-hydrogen) atoms. The smallest absolute Gasteiger partial charge is 0.258 e. The number of piperidine rings is 1. The fraction of sp³-hybridized carbons (Fsp3) is 0.381. The maximum Gasteiger partial charge on any atom is 0.258 e. The monoisotopic (exact) mass is 354 g/mol. The van der Waals surface area contributed by atoms with Crippen molar-refractivity contribution in [3.05, 3.63) is 54.1 Å². The lowest BCUT2D eigenvalue weighted by Crippen LogP contribution is -2.49. The molecule has 5 nitrogen and oxygen atoms in total. The molecule has 138 valence electrons. The molecule has 1 amide bonds. The van der Waals surface area contributed by atoms with Gasteiger partial charge in [0.2, 0.25) is 0 Å². The number of hydrogen-bond acceptors (Lipinski definition) is 4. The number of nitrogens with zero attached hydrogens (tertiary/aromatic N) is 1. The van der Waals surface area contributed by atoms with Crippen molar-refractivity contribution < 1.29 is 14.3 Å². The zero-order chi connectivity index (χ0) is 18.4. The third kappa shape index (κ3) is 4.69. The molecule has 1 atom stereocenters. The number of hydrogen-bond donors (Lipinski definition) is 1. The second-order valence-electron chi connectivity index (χ2n) is 6.63. The first-order chi connectivity index (χ1) is 12.7. The van der Waals surface area contributed by atoms with Crippen molar-refractivity contribution in [2.75, 3.05) is 31.7 Å². The molecule has 0 bridgehead atoms. The number of para-hydroxylation sites is 2. The van der Waals surface area contributed by atoms with Gasteiger partial charge in [0.15, 0.2) is 6.61 Å². The van der Waals surface area contributed by atoms with E-state index in [0.29, 0.717) is 5.75 Å². The summed E-state index contributed by atoms with van der Waals surface area (Å²) in [6.45, 7) is 3.80. The Balaban J connectivity index is 1.53. The fourth-order valence-corrected chi connectivity index (χ4v) is 3.26. The normalized spacial score (nSPS) is 16.8. The lowest BCUT2D eigenvalue weighted by Gasteiger charge is -2.35. The fourth-order valence-electron chi connectivity index (χ4n) is 3.26. The van der Waals surface area contributed by atoms with Crippen LogP contribution in [0.15, 0.2) is 48.5 Å². The van der Waals surface area contributed by atoms with E-state index in [0.717, 1.165) is 37.4 Å². The van der Waals surface area contributed by atoms with Crippen molar-refractivity contribution in [3.8, 4) is 11.5 Å². The Morgan fingerprint density at radius 3 is 2.73 bits per heavy atom. The minimum atomic E-state index is -0.0857. The van der Waals surface area contributed by atoms with E-state index >= 15 is 0 Å². The van der Waals surface area contributed by atoms with Gasteiger partial charge in [0.05, 0.1) is 12.8 Å². The molecular weight excluding hydrogens is 328 g/mol. The highest BCUT2D eigenvalue weighted by atomic mass is 16.5. The highest BCUT2D eigenvalue weighted by molar-refractivity contribution is 5.78. The molecule has 1 aliphatic rings. The lowest BCUT2D eigenvalue weighted by molar-refractivity contribution is -0.123. The van der Waals surface area contributed by atoms with Crippen molar-refractivity contribution in [1.82, 2.24) is 5.32 Å². The van der Waals surface area contributed by atoms with E-state index in [9.17, 15) is 4.79 Å². The molecule has 1 unspecified atom stereocenters. The van der Waals surface area contributed by atoms with E-state index < -0.39 is 0 Å². The van der Waals surface area contributed by atoms with Crippen LogP contribution in [0.2, 0.25) is 0 Å². The Hall–Kier alpha value is -2.69. The molecule has 0 spiro atoms. The van der Waals surface area contributed by atoms with Crippen molar-refractivity contribution >= 4 is 11.6 Å². The number of anilines is 1. The van der Waals surface area contributed by atoms with Gasteiger partial charge in [-0.2, -0.15) is 0 Å². The predicted octanol–water partition coefficient (Wildman–Crippen LogP) is 3.17. The third-order valence-corrected chi connectivity index (χ3v) is 4.60. The summed E-state index contributed by atoms with van der Waals surface area (Å²) >= 11 is 0. The van der Waals surface area contributed by atoms with E-state index in [2.05, 4.69) is 16.3 Å². The molecule has 0 saturated carbocycles. The second kappa shape index (κ2) is 8.61. The van der Waals surface area contributed by atoms with Crippen LogP contribution in [0, 0.1) is 6.92 Å². The summed E-state index contributed by atoms with van der Waals surface area (Å²) < 4.78 is 11.0. The number of rotatable bonds is 6. The van der Waals surface area contributed by atoms with Gasteiger partial charge in [-0.3, -0.25) is 4.79 Å². The van der Waals surface area contributed by atoms with Gasteiger partial charge in [0.1, 0.15) is 11.5 Å². The van der Waals surface area contributed by atoms with E-state index in [4.69, 9.17) is 9.47 Å². The molecule has 0 aromatic heterocycles. The minimum Gasteiger partial charge on any atom is -0.495 e. The largest absolute Gasteiger partial charge is 0.495 e. The highest BCUT2D eigenvalue weighted by Gasteiger charge is 2.23. The minimum absolute atomic E-state index is 0.0359. The van der Waals surface area contributed by atoms with E-state index in [-0.39, 0.29) is 18.6 Å². The summed E-state index contributed by atoms with van der Waals surface area (Å²) in [5.74, 6) is 1.49. The molecule has 0 radical (unpaired) electrons. The molecule has 1 N–H and O–H groups in total. The average Bonchev–Trinajstić information content (AvgIpc) is 2.68. The number of nitrogens with one attached hydrogen (secondary N) is 1. The summed E-state index contributed by atoms with van der Waals surface area (Å²) in [5.41, 5.74) is 2.24. The van der Waals surface area contributed by atoms with Crippen LogP contribution in [0.3, 0.4) is 0 Å². The van der Waals surface area contributed by atoms with Gasteiger partial charge < -0.3 is 19.7 Å². The van der Waals surface area contributed by atoms with Gasteiger partial charge in [0.25, 0.3) is 5.91 Å². The first-order valence-corrected chi connectivity index (χ1v) is 9.02. The van der Waals surface area contributed by atoms with E-state index in [1.54, 1.807) is 7.11 Å². The summed E-state index contributed by atoms with van der Waals surface area (Å²) in [4.78, 5) is 14.5. The van der Waals surface area contributed by atoms with Gasteiger partial charge in [-0.15, -0.1) is 0 Å². The van der Waals surface area contributed by atoms with Gasteiger partial charge in [-0.1, -0.05) is 29.8 Å². The van der Waals surface area contributed by atoms with Crippen LogP contribution in [0.25, 0.3) is 0 Å². The predicted molar refractivity (Wildman–Crippen MR) is 103 cm³/mol. The Morgan fingerprint density at radius 2 is 1.96 bits per heavy atom. The standard InChI is InChI=1S/C21H26N2O3/c1-16-9-11-18(12-10-16)26-15-21(24)22-17-6-5-13-23(14-17)19-7-3-4-8-20(19)25-2/h3-4,7-12,17H,5-6,13-15H2,1-2H3,(H,22,24). The number of carbonyl (C=O) groups excluding carboxylic acids is 1. The molecule has 1 heterocycles. The van der Waals surface area contributed by atoms with Crippen molar-refractivity contribution in [3.63, 3.8) is 0 Å². The second-order valence-corrected chi connectivity index (χ2v) is 6.63. The van der Waals surface area contributed by atoms with Gasteiger partial charge in [0, 0.05) is 19.1 Å². The van der Waals surface area contributed by atoms with Crippen LogP contribution in [0.1, 0.15) is 18.4 Å². The zero-order valence-corrected chi connectivity index (χ0v) is 15.4. The molecule has 5 heteroatoms. The maximum absolute atomic E-state index is 12.2. The third-order valence-electron chi connectivity index (χ3n) is 4.60. The zero-order valence-electron chi connectivity index (χ0n) is 15.4. The average molecular weight is 354 g/mol. The first-order valence-electron chi connectivity index (χ1n) is 9.02. The van der Waals surface area contributed by atoms with Crippen LogP contribution >= 0.6 is 0 Å². The topological polar surface area (TPSA) is 50.8 Å². The van der Waals surface area contributed by atoms with Crippen molar-refractivity contribution in [1.29, 1.82) is 0 Å². The number of benzene rings is 2. The number of aryl methyl sites for hydroxylation is 1. The maximum atomic E-state index is 12.2. The summed E-state index contributed by atoms with van der Waals surface area (Å²) in [6, 6.07) is 15.8. The van der Waals surface area contributed by atoms with E-state index in [1.165, 1.54) is 5.56 Å². The Labute approximate surface area is 154 Å². The summed E-state index contributed by atoms with van der Waals surface area (Å²) in [6.07, 6.45) is 2.00. The number of ether oxygens (including phenoxy) is 2. The number of methoxy groups -OCH3 is 1. The number of amides is 1. The molecule has 1 fully saturated rings. The highest BCUT2D eigenvalue weighted by Crippen LogP contribution is 2.29. The van der Waals surface area contributed by atoms with Gasteiger partial charge in [-0.25, -0.2) is 0 Å².